The predicted octanol–water partition coefficient (Wildman–Crippen LogP) is -0.362. The maximum Gasteiger partial charge on any atom is 0.334 e. The lowest BCUT2D eigenvalue weighted by Crippen LogP contribution is -2.36. The van der Waals surface area contributed by atoms with Crippen LogP contribution < -0.4 is 0 Å². The molecule has 1 aliphatic rings. The highest BCUT2D eigenvalue weighted by atomic mass is 16.5. The van der Waals surface area contributed by atoms with Crippen molar-refractivity contribution in [3.8, 4) is 0 Å². The summed E-state index contributed by atoms with van der Waals surface area (Å²) in [6, 6.07) is 0. The van der Waals surface area contributed by atoms with Gasteiger partial charge in [-0.1, -0.05) is 5.57 Å². The lowest BCUT2D eigenvalue weighted by Gasteiger charge is -2.24. The number of methoxy groups -OCH3 is 2. The van der Waals surface area contributed by atoms with Gasteiger partial charge in [0.15, 0.2) is 0 Å². The summed E-state index contributed by atoms with van der Waals surface area (Å²) in [5.74, 6) is -2.99. The highest BCUT2D eigenvalue weighted by Gasteiger charge is 2.44. The Morgan fingerprint density at radius 1 is 1.39 bits per heavy atom. The summed E-state index contributed by atoms with van der Waals surface area (Å²) in [6.07, 6.45) is -0.613. The van der Waals surface area contributed by atoms with E-state index in [9.17, 15) is 19.8 Å². The number of rotatable bonds is 4. The van der Waals surface area contributed by atoms with E-state index < -0.39 is 36.5 Å². The van der Waals surface area contributed by atoms with Crippen LogP contribution in [0.5, 0.6) is 0 Å². The smallest absolute Gasteiger partial charge is 0.334 e. The van der Waals surface area contributed by atoms with Crippen molar-refractivity contribution in [2.24, 2.45) is 11.8 Å². The van der Waals surface area contributed by atoms with Crippen molar-refractivity contribution in [2.75, 3.05) is 20.8 Å². The normalized spacial score (nSPS) is 24.9. The molecule has 6 heteroatoms. The molecule has 0 aromatic rings. The van der Waals surface area contributed by atoms with Gasteiger partial charge in [-0.3, -0.25) is 4.79 Å². The van der Waals surface area contributed by atoms with Crippen LogP contribution in [-0.2, 0) is 19.1 Å². The van der Waals surface area contributed by atoms with Crippen LogP contribution in [0.1, 0.15) is 13.3 Å². The molecule has 0 fully saturated rings. The second kappa shape index (κ2) is 5.97. The number of carbonyl (C=O) groups excluding carboxylic acids is 2. The first-order valence-electron chi connectivity index (χ1n) is 5.62. The summed E-state index contributed by atoms with van der Waals surface area (Å²) in [7, 11) is 2.43. The zero-order valence-corrected chi connectivity index (χ0v) is 10.7. The van der Waals surface area contributed by atoms with Gasteiger partial charge >= 0.3 is 11.9 Å². The summed E-state index contributed by atoms with van der Waals surface area (Å²) >= 11 is 0. The van der Waals surface area contributed by atoms with E-state index in [1.165, 1.54) is 14.2 Å². The maximum atomic E-state index is 11.7. The SMILES string of the molecule is COC(=O)C1=C(C)C[C@@H](O)[C@@H]1[C@H](CO)C(=O)OC. The lowest BCUT2D eigenvalue weighted by atomic mass is 9.85. The molecule has 0 spiro atoms. The summed E-state index contributed by atoms with van der Waals surface area (Å²) < 4.78 is 9.23. The fourth-order valence-corrected chi connectivity index (χ4v) is 2.40. The molecule has 0 aliphatic heterocycles. The van der Waals surface area contributed by atoms with E-state index in [0.717, 1.165) is 0 Å². The second-order valence-electron chi connectivity index (χ2n) is 4.30. The molecule has 0 bridgehead atoms. The van der Waals surface area contributed by atoms with Crippen molar-refractivity contribution in [1.29, 1.82) is 0 Å². The fourth-order valence-electron chi connectivity index (χ4n) is 2.40. The Morgan fingerprint density at radius 3 is 2.44 bits per heavy atom. The lowest BCUT2D eigenvalue weighted by molar-refractivity contribution is -0.150. The molecular formula is C12H18O6. The summed E-state index contributed by atoms with van der Waals surface area (Å²) in [6.45, 7) is 1.20. The number of ether oxygens (including phenoxy) is 2. The van der Waals surface area contributed by atoms with Crippen LogP contribution in [0, 0.1) is 11.8 Å². The van der Waals surface area contributed by atoms with Crippen LogP contribution in [0.4, 0.5) is 0 Å². The van der Waals surface area contributed by atoms with Gasteiger partial charge in [-0.05, 0) is 13.3 Å². The minimum atomic E-state index is -0.962. The number of carbonyl (C=O) groups is 2. The standard InChI is InChI=1S/C12H18O6/c1-6-4-8(14)10(9(6)12(16)18-3)7(5-13)11(15)17-2/h7-8,10,13-14H,4-5H2,1-3H3/t7-,8+,10-/m0/s1. The number of aliphatic hydroxyl groups is 2. The van der Waals surface area contributed by atoms with Crippen molar-refractivity contribution >= 4 is 11.9 Å². The zero-order valence-electron chi connectivity index (χ0n) is 10.7. The highest BCUT2D eigenvalue weighted by Crippen LogP contribution is 2.38. The number of hydrogen-bond acceptors (Lipinski definition) is 6. The first kappa shape index (κ1) is 14.7. The van der Waals surface area contributed by atoms with E-state index >= 15 is 0 Å². The van der Waals surface area contributed by atoms with Gasteiger partial charge in [0.1, 0.15) is 0 Å². The molecule has 0 saturated heterocycles. The number of esters is 2. The molecule has 0 amide bonds. The van der Waals surface area contributed by atoms with Crippen molar-refractivity contribution in [2.45, 2.75) is 19.4 Å². The monoisotopic (exact) mass is 258 g/mol. The molecule has 6 nitrogen and oxygen atoms in total. The van der Waals surface area contributed by atoms with Gasteiger partial charge in [0, 0.05) is 11.5 Å². The van der Waals surface area contributed by atoms with E-state index in [-0.39, 0.29) is 12.0 Å². The molecule has 0 unspecified atom stereocenters. The van der Waals surface area contributed by atoms with Crippen molar-refractivity contribution < 1.29 is 29.3 Å². The van der Waals surface area contributed by atoms with Gasteiger partial charge in [-0.25, -0.2) is 4.79 Å². The molecule has 0 saturated carbocycles. The molecule has 1 rings (SSSR count). The third-order valence-corrected chi connectivity index (χ3v) is 3.26. The van der Waals surface area contributed by atoms with Crippen molar-refractivity contribution in [3.63, 3.8) is 0 Å². The largest absolute Gasteiger partial charge is 0.469 e. The number of aliphatic hydroxyl groups excluding tert-OH is 2. The zero-order chi connectivity index (χ0) is 13.9. The predicted molar refractivity (Wildman–Crippen MR) is 61.4 cm³/mol. The van der Waals surface area contributed by atoms with Gasteiger partial charge in [-0.2, -0.15) is 0 Å². The first-order valence-corrected chi connectivity index (χ1v) is 5.62. The van der Waals surface area contributed by atoms with E-state index in [4.69, 9.17) is 0 Å². The van der Waals surface area contributed by atoms with Crippen LogP contribution >= 0.6 is 0 Å². The van der Waals surface area contributed by atoms with Crippen LogP contribution in [0.2, 0.25) is 0 Å². The average molecular weight is 258 g/mol. The minimum Gasteiger partial charge on any atom is -0.469 e. The van der Waals surface area contributed by atoms with Gasteiger partial charge in [-0.15, -0.1) is 0 Å². The molecule has 18 heavy (non-hydrogen) atoms. The Hall–Kier alpha value is -1.40. The molecule has 102 valence electrons. The molecule has 0 heterocycles. The molecule has 3 atom stereocenters. The number of hydrogen-bond donors (Lipinski definition) is 2. The molecule has 0 aromatic carbocycles. The Kier molecular flexibility index (Phi) is 4.86. The maximum absolute atomic E-state index is 11.7. The Bertz CT molecular complexity index is 373. The fraction of sp³-hybridized carbons (Fsp3) is 0.667. The van der Waals surface area contributed by atoms with E-state index in [0.29, 0.717) is 5.57 Å². The van der Waals surface area contributed by atoms with Crippen LogP contribution in [0.15, 0.2) is 11.1 Å². The minimum absolute atomic E-state index is 0.259. The van der Waals surface area contributed by atoms with Crippen LogP contribution in [0.25, 0.3) is 0 Å². The Balaban J connectivity index is 3.10. The summed E-state index contributed by atoms with van der Waals surface area (Å²) in [5, 5.41) is 19.2. The highest BCUT2D eigenvalue weighted by molar-refractivity contribution is 5.92. The summed E-state index contributed by atoms with van der Waals surface area (Å²) in [4.78, 5) is 23.3. The molecule has 0 radical (unpaired) electrons. The van der Waals surface area contributed by atoms with Gasteiger partial charge in [0.05, 0.1) is 32.8 Å². The van der Waals surface area contributed by atoms with Crippen molar-refractivity contribution in [3.05, 3.63) is 11.1 Å². The van der Waals surface area contributed by atoms with E-state index in [1.54, 1.807) is 6.92 Å². The van der Waals surface area contributed by atoms with Crippen LogP contribution in [0.3, 0.4) is 0 Å². The second-order valence-corrected chi connectivity index (χ2v) is 4.30. The van der Waals surface area contributed by atoms with E-state index in [2.05, 4.69) is 9.47 Å². The Labute approximate surface area is 105 Å². The molecular weight excluding hydrogens is 240 g/mol. The van der Waals surface area contributed by atoms with Gasteiger partial charge < -0.3 is 19.7 Å². The first-order chi connectivity index (χ1) is 8.47. The van der Waals surface area contributed by atoms with Gasteiger partial charge in [0.25, 0.3) is 0 Å². The summed E-state index contributed by atoms with van der Waals surface area (Å²) in [5.41, 5.74) is 0.927. The topological polar surface area (TPSA) is 93.1 Å². The molecule has 2 N–H and O–H groups in total. The van der Waals surface area contributed by atoms with Crippen LogP contribution in [-0.4, -0.2) is 49.1 Å². The third-order valence-electron chi connectivity index (χ3n) is 3.26. The molecule has 0 aromatic heterocycles. The quantitative estimate of drug-likeness (QED) is 0.669. The van der Waals surface area contributed by atoms with Gasteiger partial charge in [0.2, 0.25) is 0 Å². The van der Waals surface area contributed by atoms with Crippen molar-refractivity contribution in [1.82, 2.24) is 0 Å². The Morgan fingerprint density at radius 2 is 2.00 bits per heavy atom. The third kappa shape index (κ3) is 2.54. The van der Waals surface area contributed by atoms with E-state index in [1.807, 2.05) is 0 Å². The molecule has 1 aliphatic carbocycles. The average Bonchev–Trinajstić information content (AvgIpc) is 2.64.